The molecule has 1 N–H and O–H groups in total. The van der Waals surface area contributed by atoms with E-state index in [4.69, 9.17) is 0 Å². The predicted octanol–water partition coefficient (Wildman–Crippen LogP) is 3.13. The quantitative estimate of drug-likeness (QED) is 0.895. The minimum absolute atomic E-state index is 0.0373. The number of carbonyl (C=O) groups is 2. The van der Waals surface area contributed by atoms with Crippen molar-refractivity contribution in [1.82, 2.24) is 15.1 Å². The number of piperazine rings is 1. The van der Waals surface area contributed by atoms with Gasteiger partial charge in [-0.3, -0.25) is 4.79 Å². The van der Waals surface area contributed by atoms with Crippen molar-refractivity contribution in [2.45, 2.75) is 41.5 Å². The second kappa shape index (κ2) is 7.46. The van der Waals surface area contributed by atoms with Crippen molar-refractivity contribution in [3.05, 3.63) is 34.4 Å². The van der Waals surface area contributed by atoms with E-state index in [1.54, 1.807) is 4.90 Å². The smallest absolute Gasteiger partial charge is 0.317 e. The van der Waals surface area contributed by atoms with Crippen molar-refractivity contribution in [2.24, 2.45) is 5.41 Å². The van der Waals surface area contributed by atoms with Crippen molar-refractivity contribution >= 4 is 11.9 Å². The lowest BCUT2D eigenvalue weighted by Gasteiger charge is -2.35. The molecule has 2 rings (SSSR count). The molecule has 1 heterocycles. The molecule has 1 fully saturated rings. The number of urea groups is 1. The van der Waals surface area contributed by atoms with E-state index in [2.05, 4.69) is 38.2 Å². The summed E-state index contributed by atoms with van der Waals surface area (Å²) in [5, 5.41) is 2.98. The number of aryl methyl sites for hydroxylation is 3. The second-order valence-electron chi connectivity index (χ2n) is 8.27. The van der Waals surface area contributed by atoms with Crippen LogP contribution >= 0.6 is 0 Å². The second-order valence-corrected chi connectivity index (χ2v) is 8.27. The van der Waals surface area contributed by atoms with Gasteiger partial charge >= 0.3 is 6.03 Å². The third-order valence-electron chi connectivity index (χ3n) is 4.51. The summed E-state index contributed by atoms with van der Waals surface area (Å²) in [4.78, 5) is 28.8. The fourth-order valence-electron chi connectivity index (χ4n) is 3.24. The predicted molar refractivity (Wildman–Crippen MR) is 101 cm³/mol. The Morgan fingerprint density at radius 3 is 1.92 bits per heavy atom. The Morgan fingerprint density at radius 1 is 0.960 bits per heavy atom. The maximum atomic E-state index is 12.9. The van der Waals surface area contributed by atoms with Crippen LogP contribution < -0.4 is 5.32 Å². The summed E-state index contributed by atoms with van der Waals surface area (Å²) in [6, 6.07) is 4.07. The van der Waals surface area contributed by atoms with Crippen LogP contribution in [-0.2, 0) is 0 Å². The van der Waals surface area contributed by atoms with Gasteiger partial charge in [-0.05, 0) is 37.3 Å². The van der Waals surface area contributed by atoms with Crippen LogP contribution in [0.5, 0.6) is 0 Å². The van der Waals surface area contributed by atoms with Crippen molar-refractivity contribution in [2.75, 3.05) is 32.7 Å². The number of hydrogen-bond donors (Lipinski definition) is 1. The molecule has 1 aromatic carbocycles. The largest absolute Gasteiger partial charge is 0.337 e. The van der Waals surface area contributed by atoms with Crippen LogP contribution in [0.25, 0.3) is 0 Å². The van der Waals surface area contributed by atoms with E-state index in [-0.39, 0.29) is 17.4 Å². The molecule has 0 aliphatic carbocycles. The van der Waals surface area contributed by atoms with E-state index in [0.717, 1.165) is 16.7 Å². The van der Waals surface area contributed by atoms with Crippen LogP contribution in [0.3, 0.4) is 0 Å². The molecule has 1 aliphatic heterocycles. The summed E-state index contributed by atoms with van der Waals surface area (Å²) in [7, 11) is 0. The highest BCUT2D eigenvalue weighted by Crippen LogP contribution is 2.19. The van der Waals surface area contributed by atoms with Crippen LogP contribution in [-0.4, -0.2) is 54.5 Å². The molecular formula is C20H31N3O2. The van der Waals surface area contributed by atoms with E-state index >= 15 is 0 Å². The third-order valence-corrected chi connectivity index (χ3v) is 4.51. The van der Waals surface area contributed by atoms with Gasteiger partial charge in [0.15, 0.2) is 0 Å². The Balaban J connectivity index is 1.96. The Morgan fingerprint density at radius 2 is 1.44 bits per heavy atom. The first-order valence-electron chi connectivity index (χ1n) is 8.98. The Kier molecular flexibility index (Phi) is 5.76. The maximum Gasteiger partial charge on any atom is 0.317 e. The monoisotopic (exact) mass is 345 g/mol. The molecule has 0 unspecified atom stereocenters. The summed E-state index contributed by atoms with van der Waals surface area (Å²) < 4.78 is 0. The average Bonchev–Trinajstić information content (AvgIpc) is 2.51. The molecule has 0 atom stereocenters. The van der Waals surface area contributed by atoms with Gasteiger partial charge in [0.05, 0.1) is 0 Å². The lowest BCUT2D eigenvalue weighted by molar-refractivity contribution is 0.0662. The molecule has 5 heteroatoms. The molecule has 3 amide bonds. The van der Waals surface area contributed by atoms with Crippen molar-refractivity contribution in [1.29, 1.82) is 0 Å². The van der Waals surface area contributed by atoms with Gasteiger partial charge in [-0.15, -0.1) is 0 Å². The fraction of sp³-hybridized carbons (Fsp3) is 0.600. The van der Waals surface area contributed by atoms with Crippen LogP contribution in [0.1, 0.15) is 47.8 Å². The molecule has 138 valence electrons. The normalized spacial score (nSPS) is 15.3. The molecule has 0 saturated carbocycles. The first kappa shape index (κ1) is 19.3. The summed E-state index contributed by atoms with van der Waals surface area (Å²) in [5.41, 5.74) is 4.08. The number of hydrogen-bond acceptors (Lipinski definition) is 2. The topological polar surface area (TPSA) is 52.7 Å². The van der Waals surface area contributed by atoms with Crippen LogP contribution in [0, 0.1) is 26.2 Å². The first-order chi connectivity index (χ1) is 11.6. The average molecular weight is 345 g/mol. The number of carbonyl (C=O) groups excluding carboxylic acids is 2. The highest BCUT2D eigenvalue weighted by Gasteiger charge is 2.27. The Bertz CT molecular complexity index is 630. The Hall–Kier alpha value is -2.04. The molecule has 0 bridgehead atoms. The third kappa shape index (κ3) is 4.97. The van der Waals surface area contributed by atoms with Crippen LogP contribution in [0.4, 0.5) is 4.79 Å². The summed E-state index contributed by atoms with van der Waals surface area (Å²) in [6.07, 6.45) is 0. The minimum atomic E-state index is -0.0373. The molecular weight excluding hydrogens is 314 g/mol. The van der Waals surface area contributed by atoms with Gasteiger partial charge in [-0.1, -0.05) is 38.5 Å². The van der Waals surface area contributed by atoms with Crippen molar-refractivity contribution in [3.63, 3.8) is 0 Å². The van der Waals surface area contributed by atoms with Crippen molar-refractivity contribution in [3.8, 4) is 0 Å². The molecule has 1 aromatic rings. The number of nitrogens with one attached hydrogen (secondary N) is 1. The van der Waals surface area contributed by atoms with Gasteiger partial charge in [0.25, 0.3) is 5.91 Å². The maximum absolute atomic E-state index is 12.9. The minimum Gasteiger partial charge on any atom is -0.337 e. The summed E-state index contributed by atoms with van der Waals surface area (Å²) in [6.45, 7) is 15.3. The summed E-state index contributed by atoms with van der Waals surface area (Å²) in [5.74, 6) is 0.0738. The number of amides is 3. The molecule has 5 nitrogen and oxygen atoms in total. The molecule has 25 heavy (non-hydrogen) atoms. The SMILES string of the molecule is Cc1cc(C)c(C(=O)N2CCN(C(=O)NCC(C)(C)C)CC2)c(C)c1. The van der Waals surface area contributed by atoms with E-state index in [1.807, 2.05) is 25.7 Å². The van der Waals surface area contributed by atoms with E-state index in [9.17, 15) is 9.59 Å². The first-order valence-corrected chi connectivity index (χ1v) is 8.98. The van der Waals surface area contributed by atoms with Crippen LogP contribution in [0.2, 0.25) is 0 Å². The Labute approximate surface area is 151 Å². The van der Waals surface area contributed by atoms with Gasteiger partial charge in [-0.2, -0.15) is 0 Å². The fourth-order valence-corrected chi connectivity index (χ4v) is 3.24. The van der Waals surface area contributed by atoms with Gasteiger partial charge in [-0.25, -0.2) is 4.79 Å². The molecule has 0 radical (unpaired) electrons. The molecule has 1 saturated heterocycles. The van der Waals surface area contributed by atoms with Gasteiger partial charge < -0.3 is 15.1 Å². The molecule has 0 aromatic heterocycles. The van der Waals surface area contributed by atoms with Crippen molar-refractivity contribution < 1.29 is 9.59 Å². The van der Waals surface area contributed by atoms with E-state index < -0.39 is 0 Å². The standard InChI is InChI=1S/C20H31N3O2/c1-14-11-15(2)17(16(3)12-14)18(24)22-7-9-23(10-8-22)19(25)21-13-20(4,5)6/h11-12H,7-10,13H2,1-6H3,(H,21,25). The van der Waals surface area contributed by atoms with Gasteiger partial charge in [0.1, 0.15) is 0 Å². The number of nitrogens with zero attached hydrogens (tertiary/aromatic N) is 2. The highest BCUT2D eigenvalue weighted by molar-refractivity contribution is 5.97. The van der Waals surface area contributed by atoms with E-state index in [1.165, 1.54) is 5.56 Å². The number of benzene rings is 1. The zero-order chi connectivity index (χ0) is 18.8. The highest BCUT2D eigenvalue weighted by atomic mass is 16.2. The van der Waals surface area contributed by atoms with Gasteiger partial charge in [0.2, 0.25) is 0 Å². The lowest BCUT2D eigenvalue weighted by Crippen LogP contribution is -2.54. The van der Waals surface area contributed by atoms with Crippen LogP contribution in [0.15, 0.2) is 12.1 Å². The zero-order valence-corrected chi connectivity index (χ0v) is 16.4. The molecule has 0 spiro atoms. The zero-order valence-electron chi connectivity index (χ0n) is 16.4. The van der Waals surface area contributed by atoms with E-state index in [0.29, 0.717) is 32.7 Å². The van der Waals surface area contributed by atoms with Gasteiger partial charge in [0, 0.05) is 38.3 Å². The lowest BCUT2D eigenvalue weighted by atomic mass is 9.97. The summed E-state index contributed by atoms with van der Waals surface area (Å²) >= 11 is 0. The molecule has 1 aliphatic rings. The number of rotatable bonds is 2.